The number of fused-ring (bicyclic) bond motifs is 1. The zero-order chi connectivity index (χ0) is 11.4. The van der Waals surface area contributed by atoms with Gasteiger partial charge < -0.3 is 0 Å². The van der Waals surface area contributed by atoms with Crippen molar-refractivity contribution in [2.75, 3.05) is 0 Å². The quantitative estimate of drug-likeness (QED) is 0.528. The minimum Gasteiger partial charge on any atom is -0.211 e. The van der Waals surface area contributed by atoms with Crippen LogP contribution < -0.4 is 0 Å². The summed E-state index contributed by atoms with van der Waals surface area (Å²) in [5.41, 5.74) is 0. The summed E-state index contributed by atoms with van der Waals surface area (Å²) in [6.07, 6.45) is 10.0. The first-order valence-electron chi connectivity index (χ1n) is 6.00. The Morgan fingerprint density at radius 1 is 0.875 bits per heavy atom. The van der Waals surface area contributed by atoms with E-state index < -0.39 is 0 Å². The molecule has 4 heteroatoms. The molecule has 2 aliphatic rings. The van der Waals surface area contributed by atoms with Gasteiger partial charge in [0.15, 0.2) is 0 Å². The van der Waals surface area contributed by atoms with Gasteiger partial charge in [0.05, 0.1) is 12.1 Å². The molecule has 0 saturated heterocycles. The Balaban J connectivity index is 2.19. The first kappa shape index (κ1) is 11.3. The molecule has 0 radical (unpaired) electrons. The van der Waals surface area contributed by atoms with Gasteiger partial charge in [-0.3, -0.25) is 0 Å². The van der Waals surface area contributed by atoms with E-state index in [2.05, 4.69) is 9.98 Å². The van der Waals surface area contributed by atoms with Crippen LogP contribution in [0.2, 0.25) is 0 Å². The van der Waals surface area contributed by atoms with Crippen LogP contribution in [0, 0.1) is 11.8 Å². The Morgan fingerprint density at radius 2 is 1.62 bits per heavy atom. The van der Waals surface area contributed by atoms with Crippen LogP contribution >= 0.6 is 0 Å². The molecule has 0 N–H and O–H groups in total. The summed E-state index contributed by atoms with van der Waals surface area (Å²) in [6, 6.07) is -0.267. The Morgan fingerprint density at radius 3 is 2.38 bits per heavy atom. The van der Waals surface area contributed by atoms with E-state index in [1.807, 2.05) is 0 Å². The fourth-order valence-electron chi connectivity index (χ4n) is 3.34. The highest BCUT2D eigenvalue weighted by Gasteiger charge is 2.40. The summed E-state index contributed by atoms with van der Waals surface area (Å²) in [5.74, 6) is 1.08. The maximum absolute atomic E-state index is 10.5. The molecule has 2 saturated carbocycles. The van der Waals surface area contributed by atoms with E-state index in [-0.39, 0.29) is 12.1 Å². The molecule has 4 atom stereocenters. The molecule has 0 heterocycles. The van der Waals surface area contributed by atoms with Gasteiger partial charge in [-0.05, 0) is 31.1 Å². The van der Waals surface area contributed by atoms with Gasteiger partial charge in [-0.2, -0.15) is 4.99 Å². The average molecular weight is 220 g/mol. The van der Waals surface area contributed by atoms with Crippen LogP contribution in [0.5, 0.6) is 0 Å². The lowest BCUT2D eigenvalue weighted by Gasteiger charge is -2.41. The van der Waals surface area contributed by atoms with Gasteiger partial charge in [0.2, 0.25) is 12.2 Å². The maximum atomic E-state index is 10.5. The fraction of sp³-hybridized carbons (Fsp3) is 0.833. The van der Waals surface area contributed by atoms with Crippen LogP contribution in [0.4, 0.5) is 0 Å². The molecule has 0 aromatic heterocycles. The number of hydrogen-bond donors (Lipinski definition) is 0. The molecule has 16 heavy (non-hydrogen) atoms. The zero-order valence-electron chi connectivity index (χ0n) is 9.26. The normalized spacial score (nSPS) is 37.8. The first-order valence-corrected chi connectivity index (χ1v) is 6.00. The van der Waals surface area contributed by atoms with Crippen molar-refractivity contribution in [2.45, 2.75) is 50.6 Å². The third-order valence-corrected chi connectivity index (χ3v) is 4.05. The van der Waals surface area contributed by atoms with Crippen molar-refractivity contribution < 1.29 is 9.59 Å². The number of nitrogens with zero attached hydrogens (tertiary/aromatic N) is 2. The van der Waals surface area contributed by atoms with Gasteiger partial charge in [0.25, 0.3) is 0 Å². The molecule has 86 valence electrons. The standard InChI is InChI=1S/C12H16N2O2/c15-7-13-11-6-5-9-3-1-2-4-10(9)12(11)14-8-16/h9-12H,1-6H2. The van der Waals surface area contributed by atoms with Crippen LogP contribution in [0.1, 0.15) is 38.5 Å². The van der Waals surface area contributed by atoms with E-state index in [1.54, 1.807) is 12.2 Å². The molecule has 4 unspecified atom stereocenters. The molecule has 0 bridgehead atoms. The number of rotatable bonds is 2. The maximum Gasteiger partial charge on any atom is 0.235 e. The first-order chi connectivity index (χ1) is 7.86. The summed E-state index contributed by atoms with van der Waals surface area (Å²) in [6.45, 7) is 0. The SMILES string of the molecule is O=C=NC1CCC2CCCCC2C1N=C=O. The van der Waals surface area contributed by atoms with Crippen molar-refractivity contribution in [1.29, 1.82) is 0 Å². The molecule has 2 aliphatic carbocycles. The van der Waals surface area contributed by atoms with E-state index in [4.69, 9.17) is 0 Å². The molecule has 0 aromatic carbocycles. The molecule has 0 aromatic rings. The molecular weight excluding hydrogens is 204 g/mol. The fourth-order valence-corrected chi connectivity index (χ4v) is 3.34. The molecule has 4 nitrogen and oxygen atoms in total. The second-order valence-corrected chi connectivity index (χ2v) is 4.78. The molecule has 2 rings (SSSR count). The summed E-state index contributed by atoms with van der Waals surface area (Å²) in [4.78, 5) is 28.5. The van der Waals surface area contributed by atoms with Gasteiger partial charge in [0, 0.05) is 0 Å². The Bertz CT molecular complexity index is 343. The molecule has 0 aliphatic heterocycles. The minimum atomic E-state index is -0.140. The Labute approximate surface area is 94.9 Å². The monoisotopic (exact) mass is 220 g/mol. The predicted octanol–water partition coefficient (Wildman–Crippen LogP) is 2.00. The Hall–Kier alpha value is -1.24. The summed E-state index contributed by atoms with van der Waals surface area (Å²) in [7, 11) is 0. The van der Waals surface area contributed by atoms with Crippen LogP contribution in [0.25, 0.3) is 0 Å². The highest BCUT2D eigenvalue weighted by atomic mass is 16.1. The van der Waals surface area contributed by atoms with E-state index >= 15 is 0 Å². The smallest absolute Gasteiger partial charge is 0.211 e. The van der Waals surface area contributed by atoms with Gasteiger partial charge in [-0.15, -0.1) is 0 Å². The van der Waals surface area contributed by atoms with Gasteiger partial charge in [-0.25, -0.2) is 14.6 Å². The van der Waals surface area contributed by atoms with E-state index in [0.29, 0.717) is 11.8 Å². The van der Waals surface area contributed by atoms with Gasteiger partial charge in [0.1, 0.15) is 0 Å². The summed E-state index contributed by atoms with van der Waals surface area (Å²) >= 11 is 0. The van der Waals surface area contributed by atoms with Crippen molar-refractivity contribution in [2.24, 2.45) is 21.8 Å². The highest BCUT2D eigenvalue weighted by Crippen LogP contribution is 2.42. The second kappa shape index (κ2) is 5.20. The lowest BCUT2D eigenvalue weighted by Crippen LogP contribution is -2.41. The van der Waals surface area contributed by atoms with Crippen LogP contribution in [-0.4, -0.2) is 24.2 Å². The zero-order valence-corrected chi connectivity index (χ0v) is 9.26. The number of carbonyl (C=O) groups excluding carboxylic acids is 2. The second-order valence-electron chi connectivity index (χ2n) is 4.78. The molecule has 0 amide bonds. The third kappa shape index (κ3) is 2.13. The molecule has 0 spiro atoms. The number of hydrogen-bond acceptors (Lipinski definition) is 4. The van der Waals surface area contributed by atoms with Crippen molar-refractivity contribution in [3.8, 4) is 0 Å². The lowest BCUT2D eigenvalue weighted by atomic mass is 9.67. The van der Waals surface area contributed by atoms with E-state index in [1.165, 1.54) is 19.3 Å². The van der Waals surface area contributed by atoms with Crippen LogP contribution in [0.3, 0.4) is 0 Å². The lowest BCUT2D eigenvalue weighted by molar-refractivity contribution is 0.133. The molecular formula is C12H16N2O2. The predicted molar refractivity (Wildman–Crippen MR) is 58.5 cm³/mol. The third-order valence-electron chi connectivity index (χ3n) is 4.05. The summed E-state index contributed by atoms with van der Waals surface area (Å²) < 4.78 is 0. The van der Waals surface area contributed by atoms with Gasteiger partial charge >= 0.3 is 0 Å². The molecule has 2 fully saturated rings. The Kier molecular flexibility index (Phi) is 3.66. The van der Waals surface area contributed by atoms with Crippen LogP contribution in [-0.2, 0) is 9.59 Å². The number of isocyanates is 2. The van der Waals surface area contributed by atoms with Gasteiger partial charge in [-0.1, -0.05) is 19.3 Å². The van der Waals surface area contributed by atoms with E-state index in [9.17, 15) is 9.59 Å². The van der Waals surface area contributed by atoms with Crippen molar-refractivity contribution >= 4 is 12.2 Å². The highest BCUT2D eigenvalue weighted by molar-refractivity contribution is 5.36. The minimum absolute atomic E-state index is 0.127. The van der Waals surface area contributed by atoms with Crippen LogP contribution in [0.15, 0.2) is 9.98 Å². The van der Waals surface area contributed by atoms with Crippen molar-refractivity contribution in [3.63, 3.8) is 0 Å². The summed E-state index contributed by atoms with van der Waals surface area (Å²) in [5, 5.41) is 0. The largest absolute Gasteiger partial charge is 0.235 e. The number of aliphatic imine (C=N–C) groups is 2. The van der Waals surface area contributed by atoms with Crippen molar-refractivity contribution in [3.05, 3.63) is 0 Å². The average Bonchev–Trinajstić information content (AvgIpc) is 2.32. The topological polar surface area (TPSA) is 58.9 Å². The van der Waals surface area contributed by atoms with E-state index in [0.717, 1.165) is 19.3 Å². The van der Waals surface area contributed by atoms with Crippen molar-refractivity contribution in [1.82, 2.24) is 0 Å².